The van der Waals surface area contributed by atoms with Gasteiger partial charge in [0.15, 0.2) is 0 Å². The van der Waals surface area contributed by atoms with Crippen molar-refractivity contribution in [1.29, 1.82) is 10.5 Å². The van der Waals surface area contributed by atoms with Crippen molar-refractivity contribution in [1.82, 2.24) is 0 Å². The van der Waals surface area contributed by atoms with Crippen LogP contribution in [0.25, 0.3) is 24.3 Å². The molecular weight excluding hydrogens is 789 g/mol. The average molecular weight is 863 g/mol. The number of aryl methyl sites for hydroxylation is 4. The lowest BCUT2D eigenvalue weighted by molar-refractivity contribution is 0.296. The molecule has 0 heterocycles. The molecule has 4 aromatic rings. The van der Waals surface area contributed by atoms with Gasteiger partial charge >= 0.3 is 0 Å². The molecule has 4 aliphatic rings. The van der Waals surface area contributed by atoms with E-state index < -0.39 is 0 Å². The summed E-state index contributed by atoms with van der Waals surface area (Å²) in [6.07, 6.45) is 30.2. The summed E-state index contributed by atoms with van der Waals surface area (Å²) in [6, 6.07) is 26.3. The molecule has 64 heavy (non-hydrogen) atoms. The Kier molecular flexibility index (Phi) is 22.0. The molecule has 0 atom stereocenters. The molecule has 6 nitrogen and oxygen atoms in total. The molecule has 0 N–H and O–H groups in total. The summed E-state index contributed by atoms with van der Waals surface area (Å²) in [4.78, 5) is 0. The minimum atomic E-state index is 0.517. The van der Waals surface area contributed by atoms with Crippen LogP contribution in [0.2, 0.25) is 0 Å². The topological polar surface area (TPSA) is 84.5 Å². The van der Waals surface area contributed by atoms with Crippen LogP contribution in [0.1, 0.15) is 186 Å². The first-order chi connectivity index (χ1) is 31.5. The van der Waals surface area contributed by atoms with E-state index in [0.717, 1.165) is 99.7 Å². The Morgan fingerprint density at radius 2 is 0.734 bits per heavy atom. The predicted molar refractivity (Wildman–Crippen MR) is 266 cm³/mol. The summed E-state index contributed by atoms with van der Waals surface area (Å²) < 4.78 is 25.2. The molecule has 0 aliphatic heterocycles. The van der Waals surface area contributed by atoms with Gasteiger partial charge in [0.1, 0.15) is 35.1 Å². The highest BCUT2D eigenvalue weighted by atomic mass is 16.5. The molecule has 0 saturated carbocycles. The van der Waals surface area contributed by atoms with Crippen LogP contribution in [-0.4, -0.2) is 26.4 Å². The smallest absolute Gasteiger partial charge is 0.137 e. The van der Waals surface area contributed by atoms with E-state index in [2.05, 4.69) is 101 Å². The standard InChI is InChI=1S/C58H74N2O4/c1-5-9-13-17-33-61-55-41-53(43-59)57(63-35-19-15-11-7-3)39-51(55)31-29-49-37-45-21-25-47(49)27-23-46-22-26-48(28-24-45)50(38-46)30-32-52-40-58(64-36-20-16-12-8-4)54(44-60)42-56(52)62-34-18-14-10-6-2/h21-22,25-26,29-32,37-42H,5-20,23-24,27-28,33-36H2,1-4H3/b31-29+,32-30+. The number of unbranched alkanes of at least 4 members (excludes halogenated alkanes) is 12. The van der Waals surface area contributed by atoms with Crippen molar-refractivity contribution in [3.8, 4) is 35.1 Å². The molecule has 4 aromatic carbocycles. The van der Waals surface area contributed by atoms with E-state index in [1.165, 1.54) is 84.7 Å². The molecule has 0 radical (unpaired) electrons. The fraction of sp³-hybridized carbons (Fsp3) is 0.483. The molecule has 0 saturated heterocycles. The zero-order valence-corrected chi connectivity index (χ0v) is 39.6. The molecule has 0 amide bonds. The zero-order valence-electron chi connectivity index (χ0n) is 39.6. The van der Waals surface area contributed by atoms with Gasteiger partial charge in [-0.3, -0.25) is 0 Å². The SMILES string of the molecule is CCCCCCOc1cc(/C=C/c2cc3ccc2CCc2ccc(c(/C=C/c4cc(OCCCCCC)c(C#N)cc4OCCCCCC)c2)CC3)c(OCCCCCC)cc1C#N. The van der Waals surface area contributed by atoms with Crippen molar-refractivity contribution in [2.75, 3.05) is 26.4 Å². The van der Waals surface area contributed by atoms with E-state index in [0.29, 0.717) is 49.1 Å². The van der Waals surface area contributed by atoms with Crippen LogP contribution in [0.15, 0.2) is 60.7 Å². The minimum absolute atomic E-state index is 0.517. The van der Waals surface area contributed by atoms with Crippen LogP contribution >= 0.6 is 0 Å². The Morgan fingerprint density at radius 3 is 1.08 bits per heavy atom. The summed E-state index contributed by atoms with van der Waals surface area (Å²) in [5, 5.41) is 20.2. The first-order valence-electron chi connectivity index (χ1n) is 24.8. The molecule has 0 unspecified atom stereocenters. The van der Waals surface area contributed by atoms with Gasteiger partial charge in [-0.1, -0.05) is 165 Å². The van der Waals surface area contributed by atoms with Crippen molar-refractivity contribution >= 4 is 24.3 Å². The van der Waals surface area contributed by atoms with Gasteiger partial charge in [0, 0.05) is 23.3 Å². The number of hydrogen-bond acceptors (Lipinski definition) is 6. The molecule has 6 heteroatoms. The van der Waals surface area contributed by atoms with Crippen LogP contribution in [-0.2, 0) is 25.7 Å². The molecule has 4 bridgehead atoms. The van der Waals surface area contributed by atoms with Crippen LogP contribution in [0.5, 0.6) is 23.0 Å². The van der Waals surface area contributed by atoms with Crippen molar-refractivity contribution in [2.24, 2.45) is 0 Å². The van der Waals surface area contributed by atoms with E-state index in [1.807, 2.05) is 24.3 Å². The third-order valence-electron chi connectivity index (χ3n) is 12.2. The molecule has 4 aliphatic carbocycles. The Balaban J connectivity index is 1.39. The number of hydrogen-bond donors (Lipinski definition) is 0. The number of ether oxygens (including phenoxy) is 4. The predicted octanol–water partition coefficient (Wildman–Crippen LogP) is 15.5. The second kappa shape index (κ2) is 28.4. The third-order valence-corrected chi connectivity index (χ3v) is 12.2. The van der Waals surface area contributed by atoms with E-state index in [4.69, 9.17) is 18.9 Å². The van der Waals surface area contributed by atoms with Crippen LogP contribution < -0.4 is 18.9 Å². The summed E-state index contributed by atoms with van der Waals surface area (Å²) in [7, 11) is 0. The van der Waals surface area contributed by atoms with E-state index in [-0.39, 0.29) is 0 Å². The summed E-state index contributed by atoms with van der Waals surface area (Å²) in [6.45, 7) is 11.3. The monoisotopic (exact) mass is 863 g/mol. The number of nitrogens with zero attached hydrogens (tertiary/aromatic N) is 2. The summed E-state index contributed by atoms with van der Waals surface area (Å²) in [5.41, 5.74) is 10.5. The molecule has 0 spiro atoms. The molecule has 8 rings (SSSR count). The lowest BCUT2D eigenvalue weighted by Gasteiger charge is -2.16. The first-order valence-corrected chi connectivity index (χ1v) is 24.8. The number of benzene rings is 4. The fourth-order valence-corrected chi connectivity index (χ4v) is 8.20. The van der Waals surface area contributed by atoms with Crippen molar-refractivity contribution in [3.63, 3.8) is 0 Å². The van der Waals surface area contributed by atoms with Gasteiger partial charge in [0.05, 0.1) is 37.6 Å². The Morgan fingerprint density at radius 1 is 0.391 bits per heavy atom. The molecular formula is C58H74N2O4. The van der Waals surface area contributed by atoms with E-state index in [9.17, 15) is 10.5 Å². The van der Waals surface area contributed by atoms with Crippen LogP contribution in [0.3, 0.4) is 0 Å². The van der Waals surface area contributed by atoms with Gasteiger partial charge in [0.25, 0.3) is 0 Å². The lowest BCUT2D eigenvalue weighted by Crippen LogP contribution is -2.03. The van der Waals surface area contributed by atoms with Crippen LogP contribution in [0.4, 0.5) is 0 Å². The largest absolute Gasteiger partial charge is 0.493 e. The summed E-state index contributed by atoms with van der Waals surface area (Å²) >= 11 is 0. The van der Waals surface area contributed by atoms with Crippen molar-refractivity contribution in [2.45, 2.75) is 156 Å². The first kappa shape index (κ1) is 49.6. The molecule has 340 valence electrons. The van der Waals surface area contributed by atoms with E-state index >= 15 is 0 Å². The third kappa shape index (κ3) is 16.0. The van der Waals surface area contributed by atoms with Gasteiger partial charge in [-0.15, -0.1) is 0 Å². The normalized spacial score (nSPS) is 12.3. The maximum absolute atomic E-state index is 10.1. The second-order valence-corrected chi connectivity index (χ2v) is 17.4. The lowest BCUT2D eigenvalue weighted by atomic mass is 9.90. The van der Waals surface area contributed by atoms with Gasteiger partial charge in [-0.2, -0.15) is 10.5 Å². The maximum atomic E-state index is 10.1. The number of nitriles is 2. The van der Waals surface area contributed by atoms with Gasteiger partial charge in [-0.05, 0) is 96.9 Å². The highest BCUT2D eigenvalue weighted by Crippen LogP contribution is 2.34. The van der Waals surface area contributed by atoms with Gasteiger partial charge in [0.2, 0.25) is 0 Å². The van der Waals surface area contributed by atoms with Crippen molar-refractivity contribution < 1.29 is 18.9 Å². The summed E-state index contributed by atoms with van der Waals surface area (Å²) in [5.74, 6) is 2.70. The van der Waals surface area contributed by atoms with Gasteiger partial charge in [-0.25, -0.2) is 0 Å². The zero-order chi connectivity index (χ0) is 45.2. The van der Waals surface area contributed by atoms with Crippen LogP contribution in [0, 0.1) is 22.7 Å². The van der Waals surface area contributed by atoms with Gasteiger partial charge < -0.3 is 18.9 Å². The Bertz CT molecular complexity index is 2030. The average Bonchev–Trinajstić information content (AvgIpc) is 3.31. The highest BCUT2D eigenvalue weighted by Gasteiger charge is 2.15. The highest BCUT2D eigenvalue weighted by molar-refractivity contribution is 5.77. The Hall–Kier alpha value is -5.46. The molecule has 0 fully saturated rings. The van der Waals surface area contributed by atoms with Crippen molar-refractivity contribution in [3.05, 3.63) is 116 Å². The minimum Gasteiger partial charge on any atom is -0.493 e. The maximum Gasteiger partial charge on any atom is 0.137 e. The second-order valence-electron chi connectivity index (χ2n) is 17.4. The molecule has 0 aromatic heterocycles. The quantitative estimate of drug-likeness (QED) is 0.0418. The van der Waals surface area contributed by atoms with E-state index in [1.54, 1.807) is 0 Å². The fourth-order valence-electron chi connectivity index (χ4n) is 8.20. The number of rotatable bonds is 28. The Labute approximate surface area is 386 Å².